The second-order valence-corrected chi connectivity index (χ2v) is 4.60. The number of rotatable bonds is 4. The number of H-pyrrole nitrogens is 1. The van der Waals surface area contributed by atoms with Gasteiger partial charge in [-0.05, 0) is 36.6 Å². The standard InChI is InChI=1S/C15H18N2O/c1-11-3-4-12(2)14(7-11)8-15(18)17-10-13-5-6-16-9-13/h3-7,9,16H,8,10H2,1-2H3,(H,17,18). The number of hydrogen-bond acceptors (Lipinski definition) is 1. The van der Waals surface area contributed by atoms with Crippen LogP contribution in [-0.4, -0.2) is 10.9 Å². The number of benzene rings is 1. The lowest BCUT2D eigenvalue weighted by atomic mass is 10.0. The van der Waals surface area contributed by atoms with E-state index in [9.17, 15) is 4.79 Å². The van der Waals surface area contributed by atoms with Crippen LogP contribution in [0.3, 0.4) is 0 Å². The molecule has 0 unspecified atom stereocenters. The molecule has 3 nitrogen and oxygen atoms in total. The maximum atomic E-state index is 11.8. The van der Waals surface area contributed by atoms with Gasteiger partial charge in [0.25, 0.3) is 0 Å². The van der Waals surface area contributed by atoms with E-state index >= 15 is 0 Å². The van der Waals surface area contributed by atoms with Crippen molar-refractivity contribution in [3.05, 3.63) is 58.9 Å². The van der Waals surface area contributed by atoms with Crippen molar-refractivity contribution in [3.63, 3.8) is 0 Å². The van der Waals surface area contributed by atoms with Crippen LogP contribution in [0.1, 0.15) is 22.3 Å². The Kier molecular flexibility index (Phi) is 3.82. The molecule has 1 aromatic heterocycles. The van der Waals surface area contributed by atoms with Crippen molar-refractivity contribution in [2.75, 3.05) is 0 Å². The second-order valence-electron chi connectivity index (χ2n) is 4.60. The van der Waals surface area contributed by atoms with E-state index in [0.29, 0.717) is 13.0 Å². The first kappa shape index (κ1) is 12.4. The number of aromatic amines is 1. The molecule has 3 heteroatoms. The van der Waals surface area contributed by atoms with Gasteiger partial charge in [0.15, 0.2) is 0 Å². The van der Waals surface area contributed by atoms with Crippen LogP contribution in [-0.2, 0) is 17.8 Å². The number of amides is 1. The average Bonchev–Trinajstić information content (AvgIpc) is 2.84. The third-order valence-electron chi connectivity index (χ3n) is 3.01. The van der Waals surface area contributed by atoms with Crippen molar-refractivity contribution in [1.29, 1.82) is 0 Å². The van der Waals surface area contributed by atoms with Gasteiger partial charge in [-0.25, -0.2) is 0 Å². The largest absolute Gasteiger partial charge is 0.367 e. The van der Waals surface area contributed by atoms with Crippen molar-refractivity contribution in [2.45, 2.75) is 26.8 Å². The molecular weight excluding hydrogens is 224 g/mol. The number of carbonyl (C=O) groups excluding carboxylic acids is 1. The SMILES string of the molecule is Cc1ccc(C)c(CC(=O)NCc2cc[nH]c2)c1. The molecule has 0 aliphatic rings. The Morgan fingerprint density at radius 3 is 2.83 bits per heavy atom. The van der Waals surface area contributed by atoms with E-state index < -0.39 is 0 Å². The fourth-order valence-electron chi connectivity index (χ4n) is 1.90. The number of aryl methyl sites for hydroxylation is 2. The summed E-state index contributed by atoms with van der Waals surface area (Å²) in [7, 11) is 0. The summed E-state index contributed by atoms with van der Waals surface area (Å²) in [5.41, 5.74) is 4.54. The molecular formula is C15H18N2O. The van der Waals surface area contributed by atoms with Gasteiger partial charge in [-0.15, -0.1) is 0 Å². The smallest absolute Gasteiger partial charge is 0.224 e. The number of aromatic nitrogens is 1. The molecule has 0 radical (unpaired) electrons. The lowest BCUT2D eigenvalue weighted by Gasteiger charge is -2.07. The van der Waals surface area contributed by atoms with Gasteiger partial charge < -0.3 is 10.3 Å². The first-order valence-corrected chi connectivity index (χ1v) is 6.09. The summed E-state index contributed by atoms with van der Waals surface area (Å²) in [6.07, 6.45) is 4.18. The highest BCUT2D eigenvalue weighted by molar-refractivity contribution is 5.78. The minimum Gasteiger partial charge on any atom is -0.367 e. The fourth-order valence-corrected chi connectivity index (χ4v) is 1.90. The van der Waals surface area contributed by atoms with Crippen molar-refractivity contribution in [2.24, 2.45) is 0 Å². The maximum absolute atomic E-state index is 11.8. The lowest BCUT2D eigenvalue weighted by molar-refractivity contribution is -0.120. The van der Waals surface area contributed by atoms with E-state index in [4.69, 9.17) is 0 Å². The van der Waals surface area contributed by atoms with Crippen LogP contribution in [0.4, 0.5) is 0 Å². The monoisotopic (exact) mass is 242 g/mol. The summed E-state index contributed by atoms with van der Waals surface area (Å²) in [4.78, 5) is 14.8. The molecule has 0 aliphatic carbocycles. The van der Waals surface area contributed by atoms with Crippen LogP contribution in [0.2, 0.25) is 0 Å². The molecule has 0 saturated heterocycles. The Labute approximate surface area is 107 Å². The minimum atomic E-state index is 0.0601. The molecule has 2 rings (SSSR count). The van der Waals surface area contributed by atoms with Crippen LogP contribution < -0.4 is 5.32 Å². The van der Waals surface area contributed by atoms with E-state index in [-0.39, 0.29) is 5.91 Å². The first-order chi connectivity index (χ1) is 8.65. The van der Waals surface area contributed by atoms with Crippen molar-refractivity contribution in [3.8, 4) is 0 Å². The average molecular weight is 242 g/mol. The Hall–Kier alpha value is -2.03. The molecule has 1 aromatic carbocycles. The summed E-state index contributed by atoms with van der Waals surface area (Å²) in [6, 6.07) is 8.16. The van der Waals surface area contributed by atoms with Gasteiger partial charge in [-0.2, -0.15) is 0 Å². The van der Waals surface area contributed by atoms with Crippen molar-refractivity contribution in [1.82, 2.24) is 10.3 Å². The third kappa shape index (κ3) is 3.23. The van der Waals surface area contributed by atoms with Gasteiger partial charge in [-0.3, -0.25) is 4.79 Å². The number of hydrogen-bond donors (Lipinski definition) is 2. The molecule has 2 N–H and O–H groups in total. The first-order valence-electron chi connectivity index (χ1n) is 6.09. The molecule has 2 aromatic rings. The number of carbonyl (C=O) groups is 1. The third-order valence-corrected chi connectivity index (χ3v) is 3.01. The predicted molar refractivity (Wildman–Crippen MR) is 72.3 cm³/mol. The lowest BCUT2D eigenvalue weighted by Crippen LogP contribution is -2.24. The van der Waals surface area contributed by atoms with Gasteiger partial charge in [0, 0.05) is 18.9 Å². The van der Waals surface area contributed by atoms with E-state index in [1.807, 2.05) is 32.3 Å². The van der Waals surface area contributed by atoms with Gasteiger partial charge in [0.1, 0.15) is 0 Å². The van der Waals surface area contributed by atoms with Gasteiger partial charge in [0.2, 0.25) is 5.91 Å². The van der Waals surface area contributed by atoms with Gasteiger partial charge in [0.05, 0.1) is 6.42 Å². The Morgan fingerprint density at radius 1 is 1.28 bits per heavy atom. The molecule has 0 spiro atoms. The topological polar surface area (TPSA) is 44.9 Å². The zero-order valence-corrected chi connectivity index (χ0v) is 10.8. The Balaban J connectivity index is 1.92. The molecule has 0 bridgehead atoms. The van der Waals surface area contributed by atoms with Crippen LogP contribution in [0, 0.1) is 13.8 Å². The van der Waals surface area contributed by atoms with E-state index in [2.05, 4.69) is 28.5 Å². The summed E-state index contributed by atoms with van der Waals surface area (Å²) in [5.74, 6) is 0.0601. The molecule has 1 heterocycles. The summed E-state index contributed by atoms with van der Waals surface area (Å²) >= 11 is 0. The van der Waals surface area contributed by atoms with E-state index in [1.54, 1.807) is 0 Å². The van der Waals surface area contributed by atoms with Gasteiger partial charge >= 0.3 is 0 Å². The van der Waals surface area contributed by atoms with Gasteiger partial charge in [-0.1, -0.05) is 23.8 Å². The summed E-state index contributed by atoms with van der Waals surface area (Å²) < 4.78 is 0. The quantitative estimate of drug-likeness (QED) is 0.850. The molecule has 0 atom stereocenters. The zero-order chi connectivity index (χ0) is 13.0. The van der Waals surface area contributed by atoms with Crippen LogP contribution in [0.15, 0.2) is 36.7 Å². The Morgan fingerprint density at radius 2 is 2.11 bits per heavy atom. The normalized spacial score (nSPS) is 10.3. The number of nitrogens with one attached hydrogen (secondary N) is 2. The van der Waals surface area contributed by atoms with E-state index in [1.165, 1.54) is 5.56 Å². The van der Waals surface area contributed by atoms with E-state index in [0.717, 1.165) is 16.7 Å². The summed E-state index contributed by atoms with van der Waals surface area (Å²) in [5, 5.41) is 2.92. The maximum Gasteiger partial charge on any atom is 0.224 e. The van der Waals surface area contributed by atoms with Crippen LogP contribution in [0.5, 0.6) is 0 Å². The molecule has 18 heavy (non-hydrogen) atoms. The summed E-state index contributed by atoms with van der Waals surface area (Å²) in [6.45, 7) is 4.65. The Bertz CT molecular complexity index is 529. The van der Waals surface area contributed by atoms with Crippen molar-refractivity contribution < 1.29 is 4.79 Å². The zero-order valence-electron chi connectivity index (χ0n) is 10.8. The predicted octanol–water partition coefficient (Wildman–Crippen LogP) is 2.49. The fraction of sp³-hybridized carbons (Fsp3) is 0.267. The molecule has 0 fully saturated rings. The second kappa shape index (κ2) is 5.54. The highest BCUT2D eigenvalue weighted by Gasteiger charge is 2.06. The minimum absolute atomic E-state index is 0.0601. The van der Waals surface area contributed by atoms with Crippen LogP contribution in [0.25, 0.3) is 0 Å². The van der Waals surface area contributed by atoms with Crippen LogP contribution >= 0.6 is 0 Å². The molecule has 0 aliphatic heterocycles. The van der Waals surface area contributed by atoms with Crippen molar-refractivity contribution >= 4 is 5.91 Å². The molecule has 1 amide bonds. The molecule has 94 valence electrons. The highest BCUT2D eigenvalue weighted by Crippen LogP contribution is 2.11. The molecule has 0 saturated carbocycles. The highest BCUT2D eigenvalue weighted by atomic mass is 16.1.